The van der Waals surface area contributed by atoms with Crippen molar-refractivity contribution in [1.82, 2.24) is 0 Å². The van der Waals surface area contributed by atoms with Gasteiger partial charge in [-0.2, -0.15) is 0 Å². The minimum absolute atomic E-state index is 0.610. The summed E-state index contributed by atoms with van der Waals surface area (Å²) in [5, 5.41) is 0. The van der Waals surface area contributed by atoms with Crippen molar-refractivity contribution in [3.8, 4) is 0 Å². The van der Waals surface area contributed by atoms with Crippen LogP contribution in [0.5, 0.6) is 0 Å². The number of alkyl halides is 1. The number of benzene rings is 2. The van der Waals surface area contributed by atoms with Gasteiger partial charge in [0.2, 0.25) is 0 Å². The first-order valence-corrected chi connectivity index (χ1v) is 13.6. The van der Waals surface area contributed by atoms with Crippen molar-refractivity contribution in [2.45, 2.75) is 21.1 Å². The zero-order valence-corrected chi connectivity index (χ0v) is 17.7. The Morgan fingerprint density at radius 1 is 0.792 bits per heavy atom. The molecule has 0 fully saturated rings. The van der Waals surface area contributed by atoms with E-state index in [0.717, 1.165) is 0 Å². The fraction of sp³-hybridized carbons (Fsp3) is 0.227. The summed E-state index contributed by atoms with van der Waals surface area (Å²) < 4.78 is 5.97. The van der Waals surface area contributed by atoms with E-state index in [9.17, 15) is 0 Å². The summed E-state index contributed by atoms with van der Waals surface area (Å²) in [4.78, 5) is 0. The Hall–Kier alpha value is -1.04. The van der Waals surface area contributed by atoms with Gasteiger partial charge in [0.1, 0.15) is 0 Å². The third-order valence-electron chi connectivity index (χ3n) is 5.10. The summed E-state index contributed by atoms with van der Waals surface area (Å²) in [5.41, 5.74) is 8.73. The van der Waals surface area contributed by atoms with Crippen LogP contribution in [0.2, 0.25) is 0 Å². The number of hydrogen-bond acceptors (Lipinski definition) is 0. The Kier molecular flexibility index (Phi) is 5.53. The molecule has 0 nitrogen and oxygen atoms in total. The Bertz CT molecular complexity index is 776. The van der Waals surface area contributed by atoms with E-state index in [-0.39, 0.29) is 0 Å². The second kappa shape index (κ2) is 7.46. The van der Waals surface area contributed by atoms with Gasteiger partial charge in [0.05, 0.1) is 0 Å². The quantitative estimate of drug-likeness (QED) is 0.526. The van der Waals surface area contributed by atoms with Crippen LogP contribution in [-0.2, 0) is 21.3 Å². The fourth-order valence-corrected chi connectivity index (χ4v) is 9.68. The first-order valence-electron chi connectivity index (χ1n) is 8.28. The number of allylic oxidation sites excluding steroid dienone is 2. The molecule has 0 aliphatic heterocycles. The maximum atomic E-state index is 4.75. The molecule has 0 amide bonds. The summed E-state index contributed by atoms with van der Waals surface area (Å²) in [5.74, 6) is 0. The van der Waals surface area contributed by atoms with Gasteiger partial charge in [0.15, 0.2) is 0 Å². The van der Waals surface area contributed by atoms with Crippen LogP contribution in [-0.4, -0.2) is 10.6 Å². The molecular weight excluding hydrogens is 391 g/mol. The Morgan fingerprint density at radius 2 is 1.21 bits per heavy atom. The summed E-state index contributed by atoms with van der Waals surface area (Å²) >= 11 is 2.74. The molecule has 0 bridgehead atoms. The fourth-order valence-electron chi connectivity index (χ4n) is 3.84. The number of fused-ring (bicyclic) bond motifs is 2. The van der Waals surface area contributed by atoms with Crippen molar-refractivity contribution in [2.24, 2.45) is 0 Å². The molecule has 0 spiro atoms. The number of halogens is 1. The molecule has 2 aromatic carbocycles. The molecule has 2 unspecified atom stereocenters. The average molecular weight is 414 g/mol. The molecule has 2 atom stereocenters. The van der Waals surface area contributed by atoms with Gasteiger partial charge in [-0.1, -0.05) is 0 Å². The predicted molar refractivity (Wildman–Crippen MR) is 105 cm³/mol. The Labute approximate surface area is 158 Å². The van der Waals surface area contributed by atoms with Gasteiger partial charge in [-0.15, -0.1) is 11.6 Å². The van der Waals surface area contributed by atoms with Crippen molar-refractivity contribution < 1.29 is 21.3 Å². The van der Waals surface area contributed by atoms with Gasteiger partial charge in [-0.25, -0.2) is 0 Å². The Balaban J connectivity index is 0.000000815. The third-order valence-corrected chi connectivity index (χ3v) is 11.5. The monoisotopic (exact) mass is 412 g/mol. The van der Waals surface area contributed by atoms with Gasteiger partial charge >= 0.3 is 141 Å². The van der Waals surface area contributed by atoms with Crippen molar-refractivity contribution in [2.75, 3.05) is 6.38 Å². The average Bonchev–Trinajstić information content (AvgIpc) is 3.22. The summed E-state index contributed by atoms with van der Waals surface area (Å²) in [6.07, 6.45) is 11.0. The van der Waals surface area contributed by atoms with E-state index in [4.69, 9.17) is 4.21 Å². The van der Waals surface area contributed by atoms with Crippen molar-refractivity contribution in [3.63, 3.8) is 0 Å². The van der Waals surface area contributed by atoms with Gasteiger partial charge in [-0.3, -0.25) is 0 Å². The molecule has 2 aliphatic rings. The second-order valence-electron chi connectivity index (χ2n) is 6.40. The van der Waals surface area contributed by atoms with E-state index in [2.05, 4.69) is 86.2 Å². The normalized spacial score (nSPS) is 19.5. The molecule has 122 valence electrons. The molecule has 0 heterocycles. The molecule has 0 N–H and O–H groups in total. The Morgan fingerprint density at radius 3 is 1.62 bits per heavy atom. The van der Waals surface area contributed by atoms with Crippen LogP contribution in [0.15, 0.2) is 48.6 Å². The van der Waals surface area contributed by atoms with Crippen LogP contribution < -0.4 is 0 Å². The summed E-state index contributed by atoms with van der Waals surface area (Å²) in [7, 11) is 0. The van der Waals surface area contributed by atoms with Crippen LogP contribution in [0, 0.1) is 13.8 Å². The first-order chi connectivity index (χ1) is 11.7. The van der Waals surface area contributed by atoms with E-state index >= 15 is 0 Å². The molecule has 24 heavy (non-hydrogen) atoms. The molecular formula is C22H23ClZr. The standard InChI is InChI=1S/2C10H9.CH3Cl.CH2.Zr/c2*1-8-4-2-5-9-6-3-7-10(8)9;1-2;;/h2*2-7H,1H3;1H3;1H2;. The molecule has 2 aliphatic carbocycles. The second-order valence-corrected chi connectivity index (χ2v) is 12.3. The van der Waals surface area contributed by atoms with Gasteiger partial charge in [-0.05, 0) is 0 Å². The number of rotatable bonds is 2. The van der Waals surface area contributed by atoms with Crippen LogP contribution in [0.25, 0.3) is 12.2 Å². The molecule has 0 radical (unpaired) electrons. The molecule has 0 saturated heterocycles. The van der Waals surface area contributed by atoms with Gasteiger partial charge in [0.25, 0.3) is 0 Å². The SMILES string of the molecule is CCl.[CH2]=[Zr]([CH]1C=Cc2c(C)cccc21)[CH]1C=Cc2c(C)cccc21. The zero-order valence-electron chi connectivity index (χ0n) is 14.5. The summed E-state index contributed by atoms with van der Waals surface area (Å²) in [6.45, 7) is 4.43. The molecule has 2 heteroatoms. The van der Waals surface area contributed by atoms with Crippen molar-refractivity contribution in [1.29, 1.82) is 0 Å². The minimum atomic E-state index is -1.90. The van der Waals surface area contributed by atoms with Crippen LogP contribution >= 0.6 is 11.6 Å². The topological polar surface area (TPSA) is 0 Å². The number of aryl methyl sites for hydroxylation is 2. The van der Waals surface area contributed by atoms with E-state index < -0.39 is 21.3 Å². The molecule has 0 saturated carbocycles. The van der Waals surface area contributed by atoms with Crippen molar-refractivity contribution in [3.05, 3.63) is 81.9 Å². The van der Waals surface area contributed by atoms with Crippen LogP contribution in [0.4, 0.5) is 0 Å². The van der Waals surface area contributed by atoms with Gasteiger partial charge < -0.3 is 0 Å². The van der Waals surface area contributed by atoms with Crippen LogP contribution in [0.1, 0.15) is 40.6 Å². The molecule has 4 rings (SSSR count). The zero-order chi connectivity index (χ0) is 17.3. The summed E-state index contributed by atoms with van der Waals surface area (Å²) in [6, 6.07) is 13.5. The third kappa shape index (κ3) is 2.98. The molecule has 2 aromatic rings. The van der Waals surface area contributed by atoms with Crippen molar-refractivity contribution >= 4 is 28.0 Å². The maximum absolute atomic E-state index is 4.75. The molecule has 0 aromatic heterocycles. The predicted octanol–water partition coefficient (Wildman–Crippen LogP) is 6.04. The van der Waals surface area contributed by atoms with E-state index in [1.807, 2.05) is 0 Å². The van der Waals surface area contributed by atoms with Crippen LogP contribution in [0.3, 0.4) is 0 Å². The first kappa shape index (κ1) is 17.8. The van der Waals surface area contributed by atoms with E-state index in [0.29, 0.717) is 7.25 Å². The van der Waals surface area contributed by atoms with E-state index in [1.54, 1.807) is 0 Å². The number of hydrogen-bond donors (Lipinski definition) is 0. The van der Waals surface area contributed by atoms with E-state index in [1.165, 1.54) is 39.8 Å². The van der Waals surface area contributed by atoms with Gasteiger partial charge in [0, 0.05) is 6.38 Å².